The van der Waals surface area contributed by atoms with Gasteiger partial charge in [0.15, 0.2) is 12.0 Å². The molecule has 1 unspecified atom stereocenters. The van der Waals surface area contributed by atoms with Crippen molar-refractivity contribution in [1.29, 1.82) is 0 Å². The molecule has 0 radical (unpaired) electrons. The van der Waals surface area contributed by atoms with Crippen LogP contribution in [0.5, 0.6) is 0 Å². The number of carbonyl (C=O) groups is 3. The van der Waals surface area contributed by atoms with E-state index in [0.29, 0.717) is 17.7 Å². The third kappa shape index (κ3) is 6.65. The van der Waals surface area contributed by atoms with E-state index in [4.69, 9.17) is 0 Å². The predicted octanol–water partition coefficient (Wildman–Crippen LogP) is 1.37. The second-order valence-electron chi connectivity index (χ2n) is 8.94. The molecule has 0 aromatic carbocycles. The first-order valence-electron chi connectivity index (χ1n) is 11.4. The number of aryl methyl sites for hydroxylation is 1. The maximum Gasteiger partial charge on any atom is 0.323 e. The van der Waals surface area contributed by atoms with Crippen LogP contribution in [-0.2, 0) is 19.6 Å². The van der Waals surface area contributed by atoms with Gasteiger partial charge in [0.25, 0.3) is 5.91 Å². The lowest BCUT2D eigenvalue weighted by molar-refractivity contribution is -0.646. The molecule has 10 nitrogen and oxygen atoms in total. The van der Waals surface area contributed by atoms with Gasteiger partial charge in [-0.05, 0) is 50.3 Å². The number of aromatic nitrogens is 1. The van der Waals surface area contributed by atoms with Crippen LogP contribution in [0.15, 0.2) is 41.6 Å². The molecule has 190 valence electrons. The fourth-order valence-corrected chi connectivity index (χ4v) is 6.10. The lowest BCUT2D eigenvalue weighted by atomic mass is 10.0. The van der Waals surface area contributed by atoms with Crippen molar-refractivity contribution in [3.05, 3.63) is 51.5 Å². The van der Waals surface area contributed by atoms with Crippen molar-refractivity contribution in [3.63, 3.8) is 0 Å². The Morgan fingerprint density at radius 1 is 1.26 bits per heavy atom. The van der Waals surface area contributed by atoms with Crippen molar-refractivity contribution in [2.24, 2.45) is 5.92 Å². The maximum absolute atomic E-state index is 13.1. The van der Waals surface area contributed by atoms with E-state index in [1.54, 1.807) is 6.07 Å². The van der Waals surface area contributed by atoms with Gasteiger partial charge in [-0.2, -0.15) is 9.04 Å². The Bertz CT molecular complexity index is 1190. The monoisotopic (exact) mass is 522 g/mol. The smallest absolute Gasteiger partial charge is 0.323 e. The van der Waals surface area contributed by atoms with E-state index in [1.807, 2.05) is 26.8 Å². The number of hydrogen-bond donors (Lipinski definition) is 2. The average molecular weight is 523 g/mol. The number of amides is 2. The second-order valence-corrected chi connectivity index (χ2v) is 12.1. The molecule has 2 aromatic rings. The molecule has 35 heavy (non-hydrogen) atoms. The van der Waals surface area contributed by atoms with Crippen LogP contribution in [-0.4, -0.2) is 55.5 Å². The van der Waals surface area contributed by atoms with E-state index in [9.17, 15) is 28.0 Å². The number of Topliss-reactive ketones (excluding diaryl/α,β-unsaturated/α-hetero) is 1. The highest BCUT2D eigenvalue weighted by Crippen LogP contribution is 2.18. The summed E-state index contributed by atoms with van der Waals surface area (Å²) in [6.07, 6.45) is 2.02. The van der Waals surface area contributed by atoms with Crippen LogP contribution in [0, 0.1) is 18.0 Å². The number of thiophene rings is 1. The quantitative estimate of drug-likeness (QED) is 0.397. The highest BCUT2D eigenvalue weighted by molar-refractivity contribution is 7.89. The number of rotatable bonds is 8. The highest BCUT2D eigenvalue weighted by Gasteiger charge is 2.37. The topological polar surface area (TPSA) is 140 Å². The summed E-state index contributed by atoms with van der Waals surface area (Å²) in [5.41, 5.74) is 0. The van der Waals surface area contributed by atoms with Crippen molar-refractivity contribution in [1.82, 2.24) is 14.9 Å². The van der Waals surface area contributed by atoms with Gasteiger partial charge >= 0.3 is 15.0 Å². The van der Waals surface area contributed by atoms with Crippen molar-refractivity contribution in [3.8, 4) is 0 Å². The van der Waals surface area contributed by atoms with Gasteiger partial charge in [-0.15, -0.1) is 11.3 Å². The zero-order valence-electron chi connectivity index (χ0n) is 19.9. The molecule has 12 heteroatoms. The van der Waals surface area contributed by atoms with Crippen LogP contribution in [0.2, 0.25) is 0 Å². The minimum atomic E-state index is -4.18. The Labute approximate surface area is 209 Å². The lowest BCUT2D eigenvalue weighted by Gasteiger charge is -2.23. The first kappa shape index (κ1) is 26.8. The lowest BCUT2D eigenvalue weighted by Crippen LogP contribution is -2.52. The SMILES string of the molecule is Cc1ccc(C(=O)NC(CC(C)C)C(=O)N[C@H]2CCCN(S(=O)(=O)c3cccc[n+]3[O-])CC2=O)s1. The molecule has 3 rings (SSSR count). The highest BCUT2D eigenvalue weighted by atomic mass is 32.2. The van der Waals surface area contributed by atoms with E-state index >= 15 is 0 Å². The summed E-state index contributed by atoms with van der Waals surface area (Å²) in [4.78, 5) is 40.1. The number of sulfonamides is 1. The largest absolute Gasteiger partial charge is 0.618 e. The summed E-state index contributed by atoms with van der Waals surface area (Å²) in [6, 6.07) is 5.82. The molecule has 0 bridgehead atoms. The molecule has 2 atom stereocenters. The minimum Gasteiger partial charge on any atom is -0.618 e. The molecule has 2 aromatic heterocycles. The third-order valence-electron chi connectivity index (χ3n) is 5.62. The van der Waals surface area contributed by atoms with Crippen LogP contribution in [0.1, 0.15) is 47.7 Å². The van der Waals surface area contributed by atoms with E-state index in [1.165, 1.54) is 29.5 Å². The van der Waals surface area contributed by atoms with Gasteiger partial charge in [-0.1, -0.05) is 13.8 Å². The van der Waals surface area contributed by atoms with Crippen LogP contribution < -0.4 is 15.4 Å². The van der Waals surface area contributed by atoms with E-state index in [0.717, 1.165) is 15.4 Å². The zero-order valence-corrected chi connectivity index (χ0v) is 21.5. The van der Waals surface area contributed by atoms with Gasteiger partial charge in [-0.25, -0.2) is 8.42 Å². The number of nitrogens with one attached hydrogen (secondary N) is 2. The van der Waals surface area contributed by atoms with Crippen molar-refractivity contribution in [2.75, 3.05) is 13.1 Å². The van der Waals surface area contributed by atoms with Crippen molar-refractivity contribution < 1.29 is 27.5 Å². The molecule has 2 N–H and O–H groups in total. The molecule has 1 fully saturated rings. The summed E-state index contributed by atoms with van der Waals surface area (Å²) in [7, 11) is -4.18. The van der Waals surface area contributed by atoms with E-state index < -0.39 is 45.4 Å². The fourth-order valence-electron chi connectivity index (χ4n) is 3.86. The van der Waals surface area contributed by atoms with Gasteiger partial charge in [-0.3, -0.25) is 14.4 Å². The molecule has 0 aliphatic carbocycles. The third-order valence-corrected chi connectivity index (χ3v) is 8.46. The van der Waals surface area contributed by atoms with Crippen LogP contribution in [0.4, 0.5) is 0 Å². The number of carbonyl (C=O) groups excluding carboxylic acids is 3. The molecule has 0 spiro atoms. The van der Waals surface area contributed by atoms with Gasteiger partial charge in [0.2, 0.25) is 5.91 Å². The molecule has 1 aliphatic rings. The molecule has 0 saturated carbocycles. The Morgan fingerprint density at radius 3 is 2.63 bits per heavy atom. The summed E-state index contributed by atoms with van der Waals surface area (Å²) in [5.74, 6) is -1.22. The average Bonchev–Trinajstić information content (AvgIpc) is 3.14. The molecule has 1 aliphatic heterocycles. The second kappa shape index (κ2) is 11.3. The molecular formula is C23H30N4O6S2. The molecule has 3 heterocycles. The van der Waals surface area contributed by atoms with Crippen LogP contribution in [0.3, 0.4) is 0 Å². The van der Waals surface area contributed by atoms with Crippen LogP contribution >= 0.6 is 11.3 Å². The Balaban J connectivity index is 1.70. The first-order chi connectivity index (χ1) is 16.5. The standard InChI is InChI=1S/C23H30N4O6S2/c1-15(2)13-18(25-23(30)20-10-9-16(3)34-20)22(29)24-17-7-6-11-26(14-19(17)28)35(32,33)21-8-4-5-12-27(21)31/h4-5,8-10,12,15,17-18H,6-7,11,13-14H2,1-3H3,(H,24,29)(H,25,30)/t17-,18?/m0/s1. The van der Waals surface area contributed by atoms with Crippen molar-refractivity contribution >= 4 is 39.0 Å². The summed E-state index contributed by atoms with van der Waals surface area (Å²) < 4.78 is 27.1. The molecular weight excluding hydrogens is 492 g/mol. The summed E-state index contributed by atoms with van der Waals surface area (Å²) in [6.45, 7) is 5.31. The predicted molar refractivity (Wildman–Crippen MR) is 130 cm³/mol. The number of nitrogens with zero attached hydrogens (tertiary/aromatic N) is 2. The molecule has 2 amide bonds. The summed E-state index contributed by atoms with van der Waals surface area (Å²) in [5, 5.41) is 17.0. The Kier molecular flexibility index (Phi) is 8.62. The van der Waals surface area contributed by atoms with Gasteiger partial charge in [0.05, 0.1) is 17.5 Å². The van der Waals surface area contributed by atoms with E-state index in [-0.39, 0.29) is 29.5 Å². The summed E-state index contributed by atoms with van der Waals surface area (Å²) >= 11 is 1.32. The normalized spacial score (nSPS) is 18.2. The first-order valence-corrected chi connectivity index (χ1v) is 13.6. The van der Waals surface area contributed by atoms with E-state index in [2.05, 4.69) is 10.6 Å². The Morgan fingerprint density at radius 2 is 2.00 bits per heavy atom. The minimum absolute atomic E-state index is 0.0409. The number of hydrogen-bond acceptors (Lipinski definition) is 7. The van der Waals surface area contributed by atoms with Crippen LogP contribution in [0.25, 0.3) is 0 Å². The maximum atomic E-state index is 13.1. The van der Waals surface area contributed by atoms with Gasteiger partial charge in [0, 0.05) is 23.6 Å². The fraction of sp³-hybridized carbons (Fsp3) is 0.478. The number of ketones is 1. The molecule has 1 saturated heterocycles. The van der Waals surface area contributed by atoms with Crippen molar-refractivity contribution in [2.45, 2.75) is 57.1 Å². The zero-order chi connectivity index (χ0) is 25.8. The van der Waals surface area contributed by atoms with Gasteiger partial charge in [0.1, 0.15) is 6.04 Å². The number of pyridine rings is 1. The van der Waals surface area contributed by atoms with Gasteiger partial charge < -0.3 is 15.8 Å². The Hall–Kier alpha value is -2.83.